The highest BCUT2D eigenvalue weighted by Gasteiger charge is 2.42. The van der Waals surface area contributed by atoms with Crippen molar-refractivity contribution in [2.45, 2.75) is 51.7 Å². The third-order valence-corrected chi connectivity index (χ3v) is 8.75. The summed E-state index contributed by atoms with van der Waals surface area (Å²) in [4.78, 5) is 43.2. The number of esters is 1. The Morgan fingerprint density at radius 1 is 1.04 bits per heavy atom. The Labute approximate surface area is 268 Å². The van der Waals surface area contributed by atoms with E-state index >= 15 is 0 Å². The molecule has 1 fully saturated rings. The number of rotatable bonds is 12. The third kappa shape index (κ3) is 7.89. The molecule has 2 aliphatic heterocycles. The number of para-hydroxylation sites is 1. The predicted octanol–water partition coefficient (Wildman–Crippen LogP) is 3.75. The van der Waals surface area contributed by atoms with Gasteiger partial charge in [-0.1, -0.05) is 30.7 Å². The minimum Gasteiger partial charge on any atom is -0.493 e. The average molecular weight is 647 g/mol. The first-order valence-corrected chi connectivity index (χ1v) is 15.6. The Kier molecular flexibility index (Phi) is 11.7. The number of carbonyl (C=O) groups is 3. The highest BCUT2D eigenvalue weighted by atomic mass is 35.5. The number of fused-ring (bicyclic) bond motifs is 1. The minimum absolute atomic E-state index is 0.0390. The Bertz CT molecular complexity index is 1360. The molecule has 12 heteroatoms. The first kappa shape index (κ1) is 34.5. The summed E-state index contributed by atoms with van der Waals surface area (Å²) in [7, 11) is 3.03. The topological polar surface area (TPSA) is 135 Å². The van der Waals surface area contributed by atoms with Crippen molar-refractivity contribution >= 4 is 35.1 Å². The quantitative estimate of drug-likeness (QED) is 0.331. The van der Waals surface area contributed by atoms with Crippen molar-refractivity contribution in [2.24, 2.45) is 11.3 Å². The molecule has 0 bridgehead atoms. The SMILES string of the molecule is CCOC(=O)CC1CCN(C(=O)C[C@H]2O[C@H](c3cccc(OC)c3OC)c3cc(Cl)ccc3N(CC(C)(CO)CO)C2=O)CC1. The van der Waals surface area contributed by atoms with E-state index < -0.39 is 23.5 Å². The van der Waals surface area contributed by atoms with Gasteiger partial charge >= 0.3 is 5.97 Å². The molecule has 2 N–H and O–H groups in total. The number of ether oxygens (including phenoxy) is 4. The van der Waals surface area contributed by atoms with Crippen LogP contribution in [-0.4, -0.2) is 92.7 Å². The summed E-state index contributed by atoms with van der Waals surface area (Å²) in [5.74, 6) is 0.00788. The van der Waals surface area contributed by atoms with Crippen LogP contribution in [0.3, 0.4) is 0 Å². The number of hydrogen-bond donors (Lipinski definition) is 2. The summed E-state index contributed by atoms with van der Waals surface area (Å²) in [6, 6.07) is 10.4. The van der Waals surface area contributed by atoms with Gasteiger partial charge in [0.05, 0.1) is 40.5 Å². The lowest BCUT2D eigenvalue weighted by Crippen LogP contribution is -2.49. The average Bonchev–Trinajstić information content (AvgIpc) is 3.14. The van der Waals surface area contributed by atoms with E-state index in [0.29, 0.717) is 72.3 Å². The van der Waals surface area contributed by atoms with E-state index in [1.54, 1.807) is 55.1 Å². The molecule has 11 nitrogen and oxygen atoms in total. The van der Waals surface area contributed by atoms with Gasteiger partial charge in [0.15, 0.2) is 11.5 Å². The van der Waals surface area contributed by atoms with E-state index in [0.717, 1.165) is 0 Å². The highest BCUT2D eigenvalue weighted by Crippen LogP contribution is 2.45. The Balaban J connectivity index is 1.70. The van der Waals surface area contributed by atoms with Crippen LogP contribution in [0.25, 0.3) is 0 Å². The number of piperidine rings is 1. The van der Waals surface area contributed by atoms with E-state index in [-0.39, 0.29) is 44.0 Å². The zero-order valence-electron chi connectivity index (χ0n) is 26.3. The van der Waals surface area contributed by atoms with E-state index in [4.69, 9.17) is 30.5 Å². The fourth-order valence-corrected chi connectivity index (χ4v) is 6.07. The van der Waals surface area contributed by atoms with Crippen LogP contribution in [0, 0.1) is 11.3 Å². The van der Waals surface area contributed by atoms with E-state index in [9.17, 15) is 24.6 Å². The monoisotopic (exact) mass is 646 g/mol. The number of anilines is 1. The van der Waals surface area contributed by atoms with Crippen molar-refractivity contribution < 1.29 is 43.5 Å². The molecule has 2 aliphatic rings. The van der Waals surface area contributed by atoms with Gasteiger partial charge in [-0.15, -0.1) is 0 Å². The van der Waals surface area contributed by atoms with E-state index in [1.165, 1.54) is 19.1 Å². The molecule has 0 saturated carbocycles. The minimum atomic E-state index is -1.22. The summed E-state index contributed by atoms with van der Waals surface area (Å²) in [5.41, 5.74) is 0.548. The summed E-state index contributed by atoms with van der Waals surface area (Å²) in [6.45, 7) is 3.87. The van der Waals surface area contributed by atoms with Gasteiger partial charge in [0.1, 0.15) is 12.2 Å². The predicted molar refractivity (Wildman–Crippen MR) is 168 cm³/mol. The van der Waals surface area contributed by atoms with Gasteiger partial charge in [0, 0.05) is 53.3 Å². The van der Waals surface area contributed by atoms with Crippen molar-refractivity contribution in [1.29, 1.82) is 0 Å². The number of likely N-dealkylation sites (tertiary alicyclic amines) is 1. The first-order chi connectivity index (χ1) is 21.6. The number of methoxy groups -OCH3 is 2. The summed E-state index contributed by atoms with van der Waals surface area (Å²) < 4.78 is 22.9. The van der Waals surface area contributed by atoms with Crippen LogP contribution < -0.4 is 14.4 Å². The van der Waals surface area contributed by atoms with Crippen molar-refractivity contribution in [3.05, 3.63) is 52.5 Å². The van der Waals surface area contributed by atoms with E-state index in [1.807, 2.05) is 0 Å². The number of carbonyl (C=O) groups excluding carboxylic acids is 3. The summed E-state index contributed by atoms with van der Waals surface area (Å²) in [6.07, 6.45) is -0.737. The number of nitrogens with zero attached hydrogens (tertiary/aromatic N) is 2. The molecule has 2 aromatic carbocycles. The molecule has 0 radical (unpaired) electrons. The van der Waals surface area contributed by atoms with Gasteiger partial charge < -0.3 is 39.0 Å². The molecule has 2 amide bonds. The lowest BCUT2D eigenvalue weighted by atomic mass is 9.91. The van der Waals surface area contributed by atoms with Gasteiger partial charge in [-0.2, -0.15) is 0 Å². The van der Waals surface area contributed by atoms with Crippen LogP contribution in [-0.2, 0) is 23.9 Å². The molecule has 0 aromatic heterocycles. The number of halogens is 1. The Morgan fingerprint density at radius 2 is 1.76 bits per heavy atom. The fourth-order valence-electron chi connectivity index (χ4n) is 5.89. The Hall–Kier alpha value is -3.38. The number of amides is 2. The smallest absolute Gasteiger partial charge is 0.306 e. The molecule has 1 saturated heterocycles. The maximum Gasteiger partial charge on any atom is 0.306 e. The van der Waals surface area contributed by atoms with Crippen molar-refractivity contribution in [3.63, 3.8) is 0 Å². The molecular weight excluding hydrogens is 604 g/mol. The standard InChI is InChI=1S/C33H43ClN2O9/c1-5-44-29(40)15-21-11-13-35(14-12-21)28(39)17-27-32(41)36(18-33(2,19-37)20-38)25-10-9-22(34)16-24(25)30(45-27)23-7-6-8-26(42-3)31(23)43-4/h6-10,16,21,27,30,37-38H,5,11-15,17-20H2,1-4H3/t27-,30-/m1/s1. The second-order valence-corrected chi connectivity index (χ2v) is 12.3. The number of aliphatic hydroxyl groups is 2. The van der Waals surface area contributed by atoms with Crippen LogP contribution in [0.5, 0.6) is 11.5 Å². The number of aliphatic hydroxyl groups excluding tert-OH is 2. The molecular formula is C33H43ClN2O9. The van der Waals surface area contributed by atoms with E-state index in [2.05, 4.69) is 0 Å². The van der Waals surface area contributed by atoms with Crippen molar-refractivity contribution in [1.82, 2.24) is 4.90 Å². The van der Waals surface area contributed by atoms with Crippen LogP contribution >= 0.6 is 11.6 Å². The van der Waals surface area contributed by atoms with Gasteiger partial charge in [0.25, 0.3) is 5.91 Å². The van der Waals surface area contributed by atoms with Gasteiger partial charge in [-0.25, -0.2) is 0 Å². The fraction of sp³-hybridized carbons (Fsp3) is 0.545. The van der Waals surface area contributed by atoms with Crippen molar-refractivity contribution in [2.75, 3.05) is 58.6 Å². The molecule has 2 aromatic rings. The lowest BCUT2D eigenvalue weighted by molar-refractivity contribution is -0.146. The molecule has 0 unspecified atom stereocenters. The lowest BCUT2D eigenvalue weighted by Gasteiger charge is -2.35. The molecule has 0 spiro atoms. The van der Waals surface area contributed by atoms with Gasteiger partial charge in [-0.05, 0) is 49.9 Å². The zero-order chi connectivity index (χ0) is 32.7. The molecule has 2 heterocycles. The molecule has 2 atom stereocenters. The highest BCUT2D eigenvalue weighted by molar-refractivity contribution is 6.30. The maximum absolute atomic E-state index is 14.3. The number of hydrogen-bond acceptors (Lipinski definition) is 9. The van der Waals surface area contributed by atoms with Crippen molar-refractivity contribution in [3.8, 4) is 11.5 Å². The van der Waals surface area contributed by atoms with Crippen LogP contribution in [0.4, 0.5) is 5.69 Å². The zero-order valence-corrected chi connectivity index (χ0v) is 27.0. The Morgan fingerprint density at radius 3 is 2.38 bits per heavy atom. The summed E-state index contributed by atoms with van der Waals surface area (Å²) in [5, 5.41) is 20.7. The van der Waals surface area contributed by atoms with Gasteiger partial charge in [-0.3, -0.25) is 14.4 Å². The molecule has 0 aliphatic carbocycles. The second kappa shape index (κ2) is 15.3. The molecule has 246 valence electrons. The summed E-state index contributed by atoms with van der Waals surface area (Å²) >= 11 is 6.49. The normalized spacial score (nSPS) is 19.1. The second-order valence-electron chi connectivity index (χ2n) is 11.9. The maximum atomic E-state index is 14.3. The molecule has 45 heavy (non-hydrogen) atoms. The number of benzene rings is 2. The van der Waals surface area contributed by atoms with Gasteiger partial charge in [0.2, 0.25) is 5.91 Å². The van der Waals surface area contributed by atoms with Crippen LogP contribution in [0.1, 0.15) is 56.8 Å². The van der Waals surface area contributed by atoms with Crippen LogP contribution in [0.2, 0.25) is 5.02 Å². The van der Waals surface area contributed by atoms with Crippen LogP contribution in [0.15, 0.2) is 36.4 Å². The first-order valence-electron chi connectivity index (χ1n) is 15.2. The third-order valence-electron chi connectivity index (χ3n) is 8.51. The largest absolute Gasteiger partial charge is 0.493 e. The molecule has 4 rings (SSSR count).